The van der Waals surface area contributed by atoms with Crippen LogP contribution >= 0.6 is 15.9 Å². The Hall–Kier alpha value is -0.670. The maximum atomic E-state index is 12.3. The summed E-state index contributed by atoms with van der Waals surface area (Å²) < 4.78 is 0.931. The summed E-state index contributed by atoms with van der Waals surface area (Å²) in [7, 11) is 0. The molecule has 1 rings (SSSR count). The predicted octanol–water partition coefficient (Wildman–Crippen LogP) is 3.17. The Labute approximate surface area is 105 Å². The summed E-state index contributed by atoms with van der Waals surface area (Å²) in [5.74, 6) is 0.334. The Morgan fingerprint density at radius 1 is 1.44 bits per heavy atom. The molecule has 0 amide bonds. The first kappa shape index (κ1) is 13.4. The van der Waals surface area contributed by atoms with Gasteiger partial charge in [0.05, 0.1) is 0 Å². The van der Waals surface area contributed by atoms with Crippen LogP contribution in [0.5, 0.6) is 0 Å². The topological polar surface area (TPSA) is 43.1 Å². The lowest BCUT2D eigenvalue weighted by molar-refractivity contribution is 0.0891. The Kier molecular flexibility index (Phi) is 4.69. The molecule has 0 saturated carbocycles. The average Bonchev–Trinajstić information content (AvgIpc) is 2.22. The van der Waals surface area contributed by atoms with Crippen LogP contribution in [0.1, 0.15) is 29.8 Å². The molecule has 0 saturated heterocycles. The number of hydrogen-bond donors (Lipinski definition) is 1. The van der Waals surface area contributed by atoms with E-state index in [1.54, 1.807) is 0 Å². The van der Waals surface area contributed by atoms with Crippen LogP contribution < -0.4 is 5.73 Å². The molecule has 16 heavy (non-hydrogen) atoms. The van der Waals surface area contributed by atoms with E-state index in [2.05, 4.69) is 15.9 Å². The maximum absolute atomic E-state index is 12.3. The van der Waals surface area contributed by atoms with Crippen LogP contribution in [-0.2, 0) is 0 Å². The van der Waals surface area contributed by atoms with Crippen molar-refractivity contribution in [2.75, 3.05) is 6.54 Å². The molecule has 0 bridgehead atoms. The number of carbonyl (C=O) groups excluding carboxylic acids is 1. The van der Waals surface area contributed by atoms with E-state index >= 15 is 0 Å². The summed E-state index contributed by atoms with van der Waals surface area (Å²) in [4.78, 5) is 12.3. The number of nitrogens with two attached hydrogens (primary N) is 1. The second kappa shape index (κ2) is 5.60. The highest BCUT2D eigenvalue weighted by Gasteiger charge is 2.23. The van der Waals surface area contributed by atoms with Gasteiger partial charge in [-0.05, 0) is 30.5 Å². The lowest BCUT2D eigenvalue weighted by Gasteiger charge is -2.18. The van der Waals surface area contributed by atoms with E-state index in [1.807, 2.05) is 39.0 Å². The molecule has 0 radical (unpaired) electrons. The third-order valence-electron chi connectivity index (χ3n) is 2.86. The predicted molar refractivity (Wildman–Crippen MR) is 70.6 cm³/mol. The van der Waals surface area contributed by atoms with Gasteiger partial charge < -0.3 is 5.73 Å². The van der Waals surface area contributed by atoms with E-state index in [0.29, 0.717) is 6.54 Å². The van der Waals surface area contributed by atoms with E-state index < -0.39 is 0 Å². The SMILES string of the molecule is Cc1ccc(Br)cc1C(=O)C(CN)C(C)C. The zero-order chi connectivity index (χ0) is 12.3. The lowest BCUT2D eigenvalue weighted by atomic mass is 9.86. The fourth-order valence-electron chi connectivity index (χ4n) is 1.74. The van der Waals surface area contributed by atoms with Gasteiger partial charge in [0, 0.05) is 22.5 Å². The van der Waals surface area contributed by atoms with Crippen molar-refractivity contribution in [2.24, 2.45) is 17.6 Å². The summed E-state index contributed by atoms with van der Waals surface area (Å²) in [5, 5.41) is 0. The van der Waals surface area contributed by atoms with Crippen LogP contribution in [0.4, 0.5) is 0 Å². The summed E-state index contributed by atoms with van der Waals surface area (Å²) in [5.41, 5.74) is 7.45. The Morgan fingerprint density at radius 2 is 2.06 bits per heavy atom. The van der Waals surface area contributed by atoms with Gasteiger partial charge >= 0.3 is 0 Å². The van der Waals surface area contributed by atoms with Crippen molar-refractivity contribution in [1.29, 1.82) is 0 Å². The minimum atomic E-state index is -0.0898. The van der Waals surface area contributed by atoms with Gasteiger partial charge in [-0.1, -0.05) is 35.8 Å². The van der Waals surface area contributed by atoms with Crippen molar-refractivity contribution in [2.45, 2.75) is 20.8 Å². The maximum Gasteiger partial charge on any atom is 0.167 e. The minimum absolute atomic E-state index is 0.0898. The number of hydrogen-bond acceptors (Lipinski definition) is 2. The molecule has 88 valence electrons. The van der Waals surface area contributed by atoms with Crippen LogP contribution in [0.15, 0.2) is 22.7 Å². The van der Waals surface area contributed by atoms with E-state index in [1.165, 1.54) is 0 Å². The monoisotopic (exact) mass is 283 g/mol. The standard InChI is InChI=1S/C13H18BrNO/c1-8(2)12(7-15)13(16)11-6-10(14)5-4-9(11)3/h4-6,8,12H,7,15H2,1-3H3. The van der Waals surface area contributed by atoms with E-state index in [9.17, 15) is 4.79 Å². The number of aryl methyl sites for hydroxylation is 1. The molecule has 0 fully saturated rings. The fourth-order valence-corrected chi connectivity index (χ4v) is 2.10. The normalized spacial score (nSPS) is 12.9. The fraction of sp³-hybridized carbons (Fsp3) is 0.462. The van der Waals surface area contributed by atoms with Crippen molar-refractivity contribution < 1.29 is 4.79 Å². The highest BCUT2D eigenvalue weighted by Crippen LogP contribution is 2.22. The Morgan fingerprint density at radius 3 is 2.56 bits per heavy atom. The van der Waals surface area contributed by atoms with Crippen LogP contribution in [0.3, 0.4) is 0 Å². The molecule has 0 aliphatic rings. The van der Waals surface area contributed by atoms with Crippen LogP contribution in [0.2, 0.25) is 0 Å². The molecule has 0 aliphatic heterocycles. The molecule has 1 unspecified atom stereocenters. The van der Waals surface area contributed by atoms with Gasteiger partial charge in [0.2, 0.25) is 0 Å². The molecule has 2 nitrogen and oxygen atoms in total. The molecule has 0 spiro atoms. The number of rotatable bonds is 4. The number of ketones is 1. The first-order chi connectivity index (χ1) is 7.47. The molecule has 1 atom stereocenters. The molecule has 0 aliphatic carbocycles. The first-order valence-electron chi connectivity index (χ1n) is 5.47. The van der Waals surface area contributed by atoms with Gasteiger partial charge in [0.1, 0.15) is 0 Å². The molecule has 3 heteroatoms. The highest BCUT2D eigenvalue weighted by atomic mass is 79.9. The van der Waals surface area contributed by atoms with Gasteiger partial charge in [0.25, 0.3) is 0 Å². The first-order valence-corrected chi connectivity index (χ1v) is 6.27. The van der Waals surface area contributed by atoms with Crippen molar-refractivity contribution >= 4 is 21.7 Å². The third-order valence-corrected chi connectivity index (χ3v) is 3.35. The summed E-state index contributed by atoms with van der Waals surface area (Å²) in [6, 6.07) is 5.77. The van der Waals surface area contributed by atoms with E-state index in [4.69, 9.17) is 5.73 Å². The van der Waals surface area contributed by atoms with Crippen molar-refractivity contribution in [3.8, 4) is 0 Å². The number of carbonyl (C=O) groups is 1. The quantitative estimate of drug-likeness (QED) is 0.863. The van der Waals surface area contributed by atoms with Crippen molar-refractivity contribution in [3.05, 3.63) is 33.8 Å². The van der Waals surface area contributed by atoms with E-state index in [-0.39, 0.29) is 17.6 Å². The zero-order valence-electron chi connectivity index (χ0n) is 9.96. The summed E-state index contributed by atoms with van der Waals surface area (Å²) in [6.45, 7) is 6.42. The molecular formula is C13H18BrNO. The third kappa shape index (κ3) is 2.92. The summed E-state index contributed by atoms with van der Waals surface area (Å²) in [6.07, 6.45) is 0. The Bertz CT molecular complexity index is 388. The number of benzene rings is 1. The smallest absolute Gasteiger partial charge is 0.167 e. The molecule has 2 N–H and O–H groups in total. The lowest BCUT2D eigenvalue weighted by Crippen LogP contribution is -2.28. The van der Waals surface area contributed by atoms with E-state index in [0.717, 1.165) is 15.6 Å². The molecule has 1 aromatic rings. The van der Waals surface area contributed by atoms with Gasteiger partial charge in [-0.15, -0.1) is 0 Å². The zero-order valence-corrected chi connectivity index (χ0v) is 11.5. The Balaban J connectivity index is 3.08. The molecule has 1 aromatic carbocycles. The highest BCUT2D eigenvalue weighted by molar-refractivity contribution is 9.10. The van der Waals surface area contributed by atoms with Crippen LogP contribution in [-0.4, -0.2) is 12.3 Å². The van der Waals surface area contributed by atoms with Crippen molar-refractivity contribution in [1.82, 2.24) is 0 Å². The second-order valence-electron chi connectivity index (χ2n) is 4.41. The second-order valence-corrected chi connectivity index (χ2v) is 5.33. The number of Topliss-reactive ketones (excluding diaryl/α,β-unsaturated/α-hetero) is 1. The molecule has 0 heterocycles. The molecule has 0 aromatic heterocycles. The molecular weight excluding hydrogens is 266 g/mol. The average molecular weight is 284 g/mol. The number of halogens is 1. The van der Waals surface area contributed by atoms with Crippen LogP contribution in [0.25, 0.3) is 0 Å². The largest absolute Gasteiger partial charge is 0.330 e. The summed E-state index contributed by atoms with van der Waals surface area (Å²) >= 11 is 3.39. The van der Waals surface area contributed by atoms with Gasteiger partial charge in [0.15, 0.2) is 5.78 Å². The van der Waals surface area contributed by atoms with Crippen molar-refractivity contribution in [3.63, 3.8) is 0 Å². The van der Waals surface area contributed by atoms with Gasteiger partial charge in [-0.3, -0.25) is 4.79 Å². The van der Waals surface area contributed by atoms with Crippen LogP contribution in [0, 0.1) is 18.8 Å². The van der Waals surface area contributed by atoms with Gasteiger partial charge in [-0.2, -0.15) is 0 Å². The van der Waals surface area contributed by atoms with Gasteiger partial charge in [-0.25, -0.2) is 0 Å². The minimum Gasteiger partial charge on any atom is -0.330 e.